The Hall–Kier alpha value is -2.27. The van der Waals surface area contributed by atoms with Crippen molar-refractivity contribution >= 4 is 5.91 Å². The number of nitrogens with one attached hydrogen (secondary N) is 1. The Kier molecular flexibility index (Phi) is 4.21. The highest BCUT2D eigenvalue weighted by atomic mass is 16.5. The minimum absolute atomic E-state index is 0.137. The van der Waals surface area contributed by atoms with E-state index in [1.54, 1.807) is 12.4 Å². The van der Waals surface area contributed by atoms with E-state index in [1.165, 1.54) is 0 Å². The van der Waals surface area contributed by atoms with Crippen LogP contribution < -0.4 is 5.32 Å². The minimum Gasteiger partial charge on any atom is -0.376 e. The monoisotopic (exact) mass is 283 g/mol. The van der Waals surface area contributed by atoms with Crippen molar-refractivity contribution in [2.24, 2.45) is 0 Å². The fourth-order valence-corrected chi connectivity index (χ4v) is 2.30. The van der Waals surface area contributed by atoms with Crippen LogP contribution in [0.25, 0.3) is 11.4 Å². The molecule has 1 aliphatic rings. The summed E-state index contributed by atoms with van der Waals surface area (Å²) in [7, 11) is 0. The Morgan fingerprint density at radius 1 is 1.24 bits per heavy atom. The Labute approximate surface area is 123 Å². The van der Waals surface area contributed by atoms with Crippen LogP contribution in [0.1, 0.15) is 23.2 Å². The first kappa shape index (κ1) is 13.7. The molecule has 0 spiro atoms. The van der Waals surface area contributed by atoms with Gasteiger partial charge in [0, 0.05) is 31.1 Å². The van der Waals surface area contributed by atoms with Crippen molar-refractivity contribution < 1.29 is 9.53 Å². The SMILES string of the molecule is O=C(NC[C@H]1CCCO1)c1cnc(-c2ccccc2)nc1. The normalized spacial score (nSPS) is 17.6. The van der Waals surface area contributed by atoms with Gasteiger partial charge in [-0.3, -0.25) is 4.79 Å². The van der Waals surface area contributed by atoms with Gasteiger partial charge in [0.1, 0.15) is 0 Å². The molecule has 0 radical (unpaired) electrons. The van der Waals surface area contributed by atoms with Crippen molar-refractivity contribution in [1.82, 2.24) is 15.3 Å². The van der Waals surface area contributed by atoms with E-state index in [-0.39, 0.29) is 12.0 Å². The molecular formula is C16H17N3O2. The topological polar surface area (TPSA) is 64.1 Å². The molecule has 1 N–H and O–H groups in total. The lowest BCUT2D eigenvalue weighted by molar-refractivity contribution is 0.0857. The zero-order valence-electron chi connectivity index (χ0n) is 11.7. The van der Waals surface area contributed by atoms with Gasteiger partial charge in [0.05, 0.1) is 11.7 Å². The summed E-state index contributed by atoms with van der Waals surface area (Å²) in [5, 5.41) is 2.86. The van der Waals surface area contributed by atoms with Crippen molar-refractivity contribution in [3.8, 4) is 11.4 Å². The number of carbonyl (C=O) groups excluding carboxylic acids is 1. The van der Waals surface area contributed by atoms with Gasteiger partial charge < -0.3 is 10.1 Å². The Morgan fingerprint density at radius 2 is 2.00 bits per heavy atom. The summed E-state index contributed by atoms with van der Waals surface area (Å²) in [6.07, 6.45) is 5.32. The molecule has 0 aliphatic carbocycles. The van der Waals surface area contributed by atoms with Gasteiger partial charge in [-0.2, -0.15) is 0 Å². The molecule has 1 amide bonds. The molecule has 2 aromatic rings. The van der Waals surface area contributed by atoms with Crippen molar-refractivity contribution in [3.05, 3.63) is 48.3 Å². The van der Waals surface area contributed by atoms with Gasteiger partial charge in [-0.1, -0.05) is 30.3 Å². The third-order valence-corrected chi connectivity index (χ3v) is 3.46. The molecule has 0 bridgehead atoms. The number of nitrogens with zero attached hydrogens (tertiary/aromatic N) is 2. The number of amides is 1. The number of benzene rings is 1. The highest BCUT2D eigenvalue weighted by Crippen LogP contribution is 2.13. The average Bonchev–Trinajstić information content (AvgIpc) is 3.07. The molecule has 1 aromatic heterocycles. The fourth-order valence-electron chi connectivity index (χ4n) is 2.30. The van der Waals surface area contributed by atoms with E-state index >= 15 is 0 Å². The minimum atomic E-state index is -0.162. The van der Waals surface area contributed by atoms with Crippen molar-refractivity contribution in [1.29, 1.82) is 0 Å². The van der Waals surface area contributed by atoms with E-state index in [0.717, 1.165) is 25.0 Å². The van der Waals surface area contributed by atoms with Crippen LogP contribution in [0.15, 0.2) is 42.7 Å². The molecule has 1 aromatic carbocycles. The van der Waals surface area contributed by atoms with E-state index in [2.05, 4.69) is 15.3 Å². The van der Waals surface area contributed by atoms with Gasteiger partial charge >= 0.3 is 0 Å². The Morgan fingerprint density at radius 3 is 2.67 bits per heavy atom. The summed E-state index contributed by atoms with van der Waals surface area (Å²) in [4.78, 5) is 20.5. The first-order valence-corrected chi connectivity index (χ1v) is 7.10. The molecule has 3 rings (SSSR count). The third-order valence-electron chi connectivity index (χ3n) is 3.46. The van der Waals surface area contributed by atoms with Gasteiger partial charge in [0.25, 0.3) is 5.91 Å². The van der Waals surface area contributed by atoms with Gasteiger partial charge in [0.15, 0.2) is 5.82 Å². The molecule has 5 heteroatoms. The van der Waals surface area contributed by atoms with Crippen LogP contribution in [0, 0.1) is 0 Å². The summed E-state index contributed by atoms with van der Waals surface area (Å²) >= 11 is 0. The second-order valence-electron chi connectivity index (χ2n) is 5.01. The third kappa shape index (κ3) is 3.44. The van der Waals surface area contributed by atoms with Crippen LogP contribution in [0.4, 0.5) is 0 Å². The van der Waals surface area contributed by atoms with E-state index in [4.69, 9.17) is 4.74 Å². The zero-order valence-corrected chi connectivity index (χ0v) is 11.7. The zero-order chi connectivity index (χ0) is 14.5. The highest BCUT2D eigenvalue weighted by molar-refractivity contribution is 5.93. The molecule has 0 unspecified atom stereocenters. The lowest BCUT2D eigenvalue weighted by atomic mass is 10.2. The number of ether oxygens (including phenoxy) is 1. The molecule has 1 atom stereocenters. The standard InChI is InChI=1S/C16H17N3O2/c20-16(19-11-14-7-4-8-21-14)13-9-17-15(18-10-13)12-5-2-1-3-6-12/h1-3,5-6,9-10,14H,4,7-8,11H2,(H,19,20)/t14-/m1/s1. The largest absolute Gasteiger partial charge is 0.376 e. The van der Waals surface area contributed by atoms with Crippen LogP contribution in [0.5, 0.6) is 0 Å². The lowest BCUT2D eigenvalue weighted by Crippen LogP contribution is -2.31. The van der Waals surface area contributed by atoms with Crippen molar-refractivity contribution in [2.45, 2.75) is 18.9 Å². The molecular weight excluding hydrogens is 266 g/mol. The number of aromatic nitrogens is 2. The lowest BCUT2D eigenvalue weighted by Gasteiger charge is -2.10. The Bertz CT molecular complexity index is 593. The highest BCUT2D eigenvalue weighted by Gasteiger charge is 2.17. The first-order chi connectivity index (χ1) is 10.3. The van der Waals surface area contributed by atoms with Crippen molar-refractivity contribution in [3.63, 3.8) is 0 Å². The molecule has 2 heterocycles. The molecule has 0 saturated carbocycles. The van der Waals surface area contributed by atoms with Crippen LogP contribution in [-0.4, -0.2) is 35.1 Å². The number of carbonyl (C=O) groups is 1. The maximum atomic E-state index is 12.0. The molecule has 1 aliphatic heterocycles. The van der Waals surface area contributed by atoms with Gasteiger partial charge in [-0.05, 0) is 12.8 Å². The second-order valence-corrected chi connectivity index (χ2v) is 5.01. The maximum absolute atomic E-state index is 12.0. The van der Waals surface area contributed by atoms with E-state index in [1.807, 2.05) is 30.3 Å². The first-order valence-electron chi connectivity index (χ1n) is 7.10. The summed E-state index contributed by atoms with van der Waals surface area (Å²) < 4.78 is 5.47. The molecule has 1 saturated heterocycles. The summed E-state index contributed by atoms with van der Waals surface area (Å²) in [6.45, 7) is 1.33. The average molecular weight is 283 g/mol. The smallest absolute Gasteiger partial charge is 0.254 e. The quantitative estimate of drug-likeness (QED) is 0.932. The number of hydrogen-bond acceptors (Lipinski definition) is 4. The van der Waals surface area contributed by atoms with Crippen LogP contribution in [0.2, 0.25) is 0 Å². The molecule has 108 valence electrons. The summed E-state index contributed by atoms with van der Waals surface area (Å²) in [5.41, 5.74) is 1.40. The van der Waals surface area contributed by atoms with Crippen LogP contribution >= 0.6 is 0 Å². The predicted molar refractivity (Wildman–Crippen MR) is 78.8 cm³/mol. The van der Waals surface area contributed by atoms with Gasteiger partial charge in [-0.15, -0.1) is 0 Å². The fraction of sp³-hybridized carbons (Fsp3) is 0.312. The number of rotatable bonds is 4. The maximum Gasteiger partial charge on any atom is 0.254 e. The predicted octanol–water partition coefficient (Wildman–Crippen LogP) is 2.05. The Balaban J connectivity index is 1.62. The van der Waals surface area contributed by atoms with E-state index in [0.29, 0.717) is 17.9 Å². The number of hydrogen-bond donors (Lipinski definition) is 1. The van der Waals surface area contributed by atoms with Crippen molar-refractivity contribution in [2.75, 3.05) is 13.2 Å². The van der Waals surface area contributed by atoms with E-state index in [9.17, 15) is 4.79 Å². The summed E-state index contributed by atoms with van der Waals surface area (Å²) in [6, 6.07) is 9.68. The molecule has 21 heavy (non-hydrogen) atoms. The van der Waals surface area contributed by atoms with E-state index < -0.39 is 0 Å². The molecule has 1 fully saturated rings. The van der Waals surface area contributed by atoms with Gasteiger partial charge in [0.2, 0.25) is 0 Å². The second kappa shape index (κ2) is 6.45. The van der Waals surface area contributed by atoms with Crippen LogP contribution in [-0.2, 0) is 4.74 Å². The van der Waals surface area contributed by atoms with Gasteiger partial charge in [-0.25, -0.2) is 9.97 Å². The van der Waals surface area contributed by atoms with Crippen LogP contribution in [0.3, 0.4) is 0 Å². The summed E-state index contributed by atoms with van der Waals surface area (Å²) in [5.74, 6) is 0.455. The molecule has 5 nitrogen and oxygen atoms in total.